The molecule has 11 heteroatoms. The minimum Gasteiger partial charge on any atom is -0.497 e. The number of piperidine rings is 1. The van der Waals surface area contributed by atoms with Crippen LogP contribution < -0.4 is 4.74 Å². The zero-order valence-corrected chi connectivity index (χ0v) is 31.5. The van der Waals surface area contributed by atoms with Crippen LogP contribution >= 0.6 is 15.9 Å². The number of nitrogens with zero attached hydrogens (tertiary/aromatic N) is 3. The number of rotatable bonds is 9. The Bertz CT molecular complexity index is 2090. The summed E-state index contributed by atoms with van der Waals surface area (Å²) in [6.07, 6.45) is 11.4. The van der Waals surface area contributed by atoms with E-state index in [1.165, 1.54) is 47.5 Å². The Labute approximate surface area is 311 Å². The fraction of sp³-hybridized carbons (Fsp3) is 0.317. The lowest BCUT2D eigenvalue weighted by molar-refractivity contribution is -0.131. The van der Waals surface area contributed by atoms with E-state index in [0.717, 1.165) is 35.2 Å². The number of aryl methyl sites for hydroxylation is 1. The number of carbonyl (C=O) groups is 3. The number of benzene rings is 2. The van der Waals surface area contributed by atoms with Gasteiger partial charge in [0.05, 0.1) is 26.4 Å². The van der Waals surface area contributed by atoms with Gasteiger partial charge in [0.2, 0.25) is 5.78 Å². The molecule has 2 aromatic carbocycles. The van der Waals surface area contributed by atoms with Gasteiger partial charge in [-0.05, 0) is 82.9 Å². The van der Waals surface area contributed by atoms with Crippen molar-refractivity contribution in [2.75, 3.05) is 41.5 Å². The SMILES string of the molecule is C=CC(C1=CC(=O)C(OC)=CC1=O)c1ccc(OC)cc1.COC12CC(COC(=O)c3cncc(Br)c3)CN(C)C1Cc1cn(C)c3cccc2c13. The van der Waals surface area contributed by atoms with Gasteiger partial charge in [0.15, 0.2) is 11.5 Å². The first-order chi connectivity index (χ1) is 25.0. The minimum absolute atomic E-state index is 0.0568. The molecule has 3 heterocycles. The Morgan fingerprint density at radius 2 is 1.83 bits per heavy atom. The number of fused-ring (bicyclic) bond motifs is 2. The average molecular weight is 769 g/mol. The summed E-state index contributed by atoms with van der Waals surface area (Å²) in [6, 6.07) is 15.8. The van der Waals surface area contributed by atoms with Crippen molar-refractivity contribution in [3.8, 4) is 5.75 Å². The fourth-order valence-corrected chi connectivity index (χ4v) is 8.20. The van der Waals surface area contributed by atoms with Gasteiger partial charge in [-0.15, -0.1) is 6.58 Å². The standard InChI is InChI=1S/C24H26BrN3O3.C17H16O4/c1-27-13-17-8-21-24(30-3,19-5-4-6-20(27)22(17)19)9-15(12-28(21)2)14-31-23(29)16-7-18(25)11-26-10-16;1-4-13(11-5-7-12(20-2)8-6-11)14-9-16(19)17(21-3)10-15(14)18/h4-7,10-11,13,15,21H,8-9,12,14H2,1-3H3;4-10,13H,1H2,2-3H3. The zero-order valence-electron chi connectivity index (χ0n) is 29.9. The molecule has 1 fully saturated rings. The predicted molar refractivity (Wildman–Crippen MR) is 201 cm³/mol. The average Bonchev–Trinajstić information content (AvgIpc) is 3.48. The molecule has 0 bridgehead atoms. The van der Waals surface area contributed by atoms with E-state index in [9.17, 15) is 14.4 Å². The van der Waals surface area contributed by atoms with E-state index in [2.05, 4.69) is 75.5 Å². The summed E-state index contributed by atoms with van der Waals surface area (Å²) in [7, 11) is 9.02. The number of aromatic nitrogens is 2. The smallest absolute Gasteiger partial charge is 0.339 e. The van der Waals surface area contributed by atoms with Crippen molar-refractivity contribution >= 4 is 44.4 Å². The molecule has 270 valence electrons. The van der Waals surface area contributed by atoms with Gasteiger partial charge < -0.3 is 23.5 Å². The molecular weight excluding hydrogens is 726 g/mol. The molecule has 0 saturated carbocycles. The normalized spacial score (nSPS) is 21.6. The molecule has 1 saturated heterocycles. The van der Waals surface area contributed by atoms with Crippen LogP contribution in [0.4, 0.5) is 0 Å². The van der Waals surface area contributed by atoms with E-state index in [4.69, 9.17) is 18.9 Å². The zero-order chi connectivity index (χ0) is 37.2. The van der Waals surface area contributed by atoms with Gasteiger partial charge in [0, 0.05) is 84.2 Å². The van der Waals surface area contributed by atoms with E-state index < -0.39 is 5.60 Å². The van der Waals surface area contributed by atoms with Crippen LogP contribution in [0.25, 0.3) is 10.9 Å². The Morgan fingerprint density at radius 3 is 2.50 bits per heavy atom. The molecule has 2 aliphatic carbocycles. The number of pyridine rings is 1. The van der Waals surface area contributed by atoms with Gasteiger partial charge in [-0.25, -0.2) is 4.79 Å². The van der Waals surface area contributed by atoms with Crippen molar-refractivity contribution in [2.24, 2.45) is 13.0 Å². The predicted octanol–water partition coefficient (Wildman–Crippen LogP) is 6.48. The molecule has 1 aliphatic heterocycles. The lowest BCUT2D eigenvalue weighted by atomic mass is 9.69. The number of ketones is 2. The van der Waals surface area contributed by atoms with Crippen LogP contribution in [0.15, 0.2) is 108 Å². The number of methoxy groups -OCH3 is 3. The Kier molecular flexibility index (Phi) is 10.9. The summed E-state index contributed by atoms with van der Waals surface area (Å²) < 4.78 is 25.0. The number of allylic oxidation sites excluding steroid dienone is 4. The Balaban J connectivity index is 0.000000194. The maximum absolute atomic E-state index is 12.5. The third kappa shape index (κ3) is 7.00. The largest absolute Gasteiger partial charge is 0.497 e. The van der Waals surface area contributed by atoms with Gasteiger partial charge in [0.1, 0.15) is 11.4 Å². The summed E-state index contributed by atoms with van der Waals surface area (Å²) in [6.45, 7) is 4.98. The molecule has 4 aromatic rings. The highest BCUT2D eigenvalue weighted by Crippen LogP contribution is 2.49. The van der Waals surface area contributed by atoms with Crippen molar-refractivity contribution in [2.45, 2.75) is 30.4 Å². The molecule has 0 radical (unpaired) electrons. The van der Waals surface area contributed by atoms with E-state index >= 15 is 0 Å². The second kappa shape index (κ2) is 15.4. The second-order valence-electron chi connectivity index (χ2n) is 13.3. The molecule has 7 rings (SSSR count). The van der Waals surface area contributed by atoms with Crippen molar-refractivity contribution < 1.29 is 33.3 Å². The highest BCUT2D eigenvalue weighted by Gasteiger charge is 2.52. The number of likely N-dealkylation sites (N-methyl/N-ethyl adjacent to an activating group) is 1. The first kappa shape index (κ1) is 36.9. The van der Waals surface area contributed by atoms with Gasteiger partial charge in [-0.2, -0.15) is 0 Å². The third-order valence-electron chi connectivity index (χ3n) is 10.3. The molecule has 4 unspecified atom stereocenters. The molecular formula is C41H42BrN3O7. The maximum atomic E-state index is 12.5. The monoisotopic (exact) mass is 767 g/mol. The molecule has 0 N–H and O–H groups in total. The van der Waals surface area contributed by atoms with Gasteiger partial charge in [-0.3, -0.25) is 19.5 Å². The number of carbonyl (C=O) groups excluding carboxylic acids is 3. The summed E-state index contributed by atoms with van der Waals surface area (Å²) in [5.41, 5.74) is 5.15. The summed E-state index contributed by atoms with van der Waals surface area (Å²) >= 11 is 3.35. The molecule has 3 aliphatic rings. The summed E-state index contributed by atoms with van der Waals surface area (Å²) in [4.78, 5) is 43.0. The molecule has 4 atom stereocenters. The molecule has 10 nitrogen and oxygen atoms in total. The van der Waals surface area contributed by atoms with Crippen LogP contribution in [-0.4, -0.2) is 79.6 Å². The van der Waals surface area contributed by atoms with Gasteiger partial charge >= 0.3 is 5.97 Å². The number of hydrogen-bond acceptors (Lipinski definition) is 9. The highest BCUT2D eigenvalue weighted by molar-refractivity contribution is 9.10. The van der Waals surface area contributed by atoms with Crippen molar-refractivity contribution in [1.82, 2.24) is 14.5 Å². The third-order valence-corrected chi connectivity index (χ3v) is 10.7. The number of hydrogen-bond donors (Lipinski definition) is 0. The lowest BCUT2D eigenvalue weighted by Gasteiger charge is -2.53. The van der Waals surface area contributed by atoms with Gasteiger partial charge in [0.25, 0.3) is 0 Å². The minimum atomic E-state index is -0.421. The number of halogens is 1. The first-order valence-electron chi connectivity index (χ1n) is 17.0. The Morgan fingerprint density at radius 1 is 1.06 bits per heavy atom. The first-order valence-corrected chi connectivity index (χ1v) is 17.8. The van der Waals surface area contributed by atoms with E-state index in [1.54, 1.807) is 37.6 Å². The van der Waals surface area contributed by atoms with Crippen LogP contribution in [0, 0.1) is 5.92 Å². The van der Waals surface area contributed by atoms with Crippen LogP contribution in [-0.2, 0) is 42.9 Å². The lowest BCUT2D eigenvalue weighted by Crippen LogP contribution is -2.59. The van der Waals surface area contributed by atoms with Crippen molar-refractivity contribution in [1.29, 1.82) is 0 Å². The summed E-state index contributed by atoms with van der Waals surface area (Å²) in [5.74, 6) is -0.294. The van der Waals surface area contributed by atoms with Crippen LogP contribution in [0.3, 0.4) is 0 Å². The van der Waals surface area contributed by atoms with E-state index in [-0.39, 0.29) is 41.2 Å². The fourth-order valence-electron chi connectivity index (χ4n) is 7.84. The molecule has 2 aromatic heterocycles. The molecule has 52 heavy (non-hydrogen) atoms. The van der Waals surface area contributed by atoms with Gasteiger partial charge in [-0.1, -0.05) is 30.3 Å². The topological polar surface area (TPSA) is 109 Å². The van der Waals surface area contributed by atoms with Crippen molar-refractivity contribution in [3.05, 3.63) is 130 Å². The second-order valence-corrected chi connectivity index (χ2v) is 14.2. The van der Waals surface area contributed by atoms with E-state index in [0.29, 0.717) is 17.7 Å². The Hall–Kier alpha value is -4.84. The quantitative estimate of drug-likeness (QED) is 0.107. The number of esters is 1. The van der Waals surface area contributed by atoms with Crippen LogP contribution in [0.1, 0.15) is 39.4 Å². The summed E-state index contributed by atoms with van der Waals surface area (Å²) in [5, 5.41) is 1.31. The number of likely N-dealkylation sites (tertiary alicyclic amines) is 1. The van der Waals surface area contributed by atoms with Crippen molar-refractivity contribution in [3.63, 3.8) is 0 Å². The van der Waals surface area contributed by atoms with Crippen LogP contribution in [0.2, 0.25) is 0 Å². The van der Waals surface area contributed by atoms with E-state index in [1.807, 2.05) is 19.2 Å². The number of ether oxygens (including phenoxy) is 4. The molecule has 0 amide bonds. The highest BCUT2D eigenvalue weighted by atomic mass is 79.9. The maximum Gasteiger partial charge on any atom is 0.339 e. The molecule has 0 spiro atoms. The van der Waals surface area contributed by atoms with Crippen LogP contribution in [0.5, 0.6) is 5.75 Å².